The molecule has 2 bridgehead atoms. The molecule has 2 unspecified atom stereocenters. The first-order valence-corrected chi connectivity index (χ1v) is 7.08. The number of rotatable bonds is 0. The molecule has 4 rings (SSSR count). The van der Waals surface area contributed by atoms with Gasteiger partial charge >= 0.3 is 0 Å². The van der Waals surface area contributed by atoms with Crippen LogP contribution in [0.4, 0.5) is 0 Å². The summed E-state index contributed by atoms with van der Waals surface area (Å²) in [7, 11) is 0. The van der Waals surface area contributed by atoms with E-state index >= 15 is 0 Å². The number of Topliss-reactive ketones (excluding diaryl/α,β-unsaturated/α-hetero) is 1. The maximum absolute atomic E-state index is 12.9. The standard InChI is InChI=1S/C16H15ClO/c17-14-3-1-2-13-12(14)6-7-16(15(13)18)9-10-4-5-11(16)8-10/h1-4,11H,5-9H2. The summed E-state index contributed by atoms with van der Waals surface area (Å²) in [6.07, 6.45) is 7.56. The van der Waals surface area contributed by atoms with E-state index in [1.807, 2.05) is 18.2 Å². The molecule has 1 aromatic rings. The Balaban J connectivity index is 1.84. The van der Waals surface area contributed by atoms with E-state index < -0.39 is 0 Å². The summed E-state index contributed by atoms with van der Waals surface area (Å²) >= 11 is 6.22. The zero-order valence-corrected chi connectivity index (χ0v) is 11.0. The lowest BCUT2D eigenvalue weighted by Gasteiger charge is -2.38. The zero-order valence-electron chi connectivity index (χ0n) is 10.2. The van der Waals surface area contributed by atoms with Gasteiger partial charge in [-0.1, -0.05) is 35.4 Å². The van der Waals surface area contributed by atoms with Gasteiger partial charge in [-0.15, -0.1) is 0 Å². The molecule has 0 aromatic heterocycles. The molecule has 18 heavy (non-hydrogen) atoms. The summed E-state index contributed by atoms with van der Waals surface area (Å²) in [6.45, 7) is 0. The Kier molecular flexibility index (Phi) is 2.09. The minimum Gasteiger partial charge on any atom is -0.294 e. The van der Waals surface area contributed by atoms with Crippen molar-refractivity contribution < 1.29 is 4.79 Å². The Hall–Kier alpha value is -1.08. The lowest BCUT2D eigenvalue weighted by molar-refractivity contribution is 0.0671. The van der Waals surface area contributed by atoms with Gasteiger partial charge in [-0.2, -0.15) is 0 Å². The molecule has 92 valence electrons. The Morgan fingerprint density at radius 2 is 2.22 bits per heavy atom. The highest BCUT2D eigenvalue weighted by molar-refractivity contribution is 6.32. The van der Waals surface area contributed by atoms with Gasteiger partial charge in [0.15, 0.2) is 5.78 Å². The van der Waals surface area contributed by atoms with E-state index in [0.717, 1.165) is 48.3 Å². The average molecular weight is 259 g/mol. The molecule has 0 heterocycles. The van der Waals surface area contributed by atoms with Crippen molar-refractivity contribution in [1.82, 2.24) is 0 Å². The van der Waals surface area contributed by atoms with Crippen molar-refractivity contribution in [2.75, 3.05) is 0 Å². The summed E-state index contributed by atoms with van der Waals surface area (Å²) < 4.78 is 0. The number of hydrogen-bond acceptors (Lipinski definition) is 1. The predicted molar refractivity (Wildman–Crippen MR) is 72.0 cm³/mol. The van der Waals surface area contributed by atoms with Crippen LogP contribution in [0.3, 0.4) is 0 Å². The number of carbonyl (C=O) groups excluding carboxylic acids is 1. The molecule has 0 radical (unpaired) electrons. The van der Waals surface area contributed by atoms with Gasteiger partial charge in [-0.25, -0.2) is 0 Å². The van der Waals surface area contributed by atoms with E-state index in [2.05, 4.69) is 6.08 Å². The van der Waals surface area contributed by atoms with Crippen molar-refractivity contribution in [3.05, 3.63) is 46.0 Å². The second kappa shape index (κ2) is 3.48. The van der Waals surface area contributed by atoms with Crippen LogP contribution in [-0.4, -0.2) is 5.78 Å². The number of fused-ring (bicyclic) bond motifs is 4. The Morgan fingerprint density at radius 1 is 1.33 bits per heavy atom. The first-order chi connectivity index (χ1) is 8.71. The lowest BCUT2D eigenvalue weighted by Crippen LogP contribution is -2.39. The van der Waals surface area contributed by atoms with Gasteiger partial charge in [-0.3, -0.25) is 4.79 Å². The van der Waals surface area contributed by atoms with E-state index in [1.54, 1.807) is 0 Å². The van der Waals surface area contributed by atoms with Crippen LogP contribution in [0, 0.1) is 11.3 Å². The third kappa shape index (κ3) is 1.21. The summed E-state index contributed by atoms with van der Waals surface area (Å²) in [5.41, 5.74) is 3.40. The van der Waals surface area contributed by atoms with Crippen LogP contribution in [0.2, 0.25) is 5.02 Å². The van der Waals surface area contributed by atoms with Crippen LogP contribution in [0.25, 0.3) is 0 Å². The second-order valence-corrected chi connectivity index (χ2v) is 6.33. The maximum Gasteiger partial charge on any atom is 0.169 e. The monoisotopic (exact) mass is 258 g/mol. The molecule has 0 saturated heterocycles. The fourth-order valence-corrected chi connectivity index (χ4v) is 4.49. The maximum atomic E-state index is 12.9. The van der Waals surface area contributed by atoms with Crippen LogP contribution in [0.1, 0.15) is 41.6 Å². The van der Waals surface area contributed by atoms with Gasteiger partial charge < -0.3 is 0 Å². The van der Waals surface area contributed by atoms with Crippen LogP contribution < -0.4 is 0 Å². The molecule has 0 N–H and O–H groups in total. The Bertz CT molecular complexity index is 587. The molecule has 1 nitrogen and oxygen atoms in total. The summed E-state index contributed by atoms with van der Waals surface area (Å²) in [4.78, 5) is 12.9. The molecule has 3 aliphatic carbocycles. The minimum atomic E-state index is -0.0816. The highest BCUT2D eigenvalue weighted by Gasteiger charge is 2.53. The highest BCUT2D eigenvalue weighted by Crippen LogP contribution is 2.58. The first-order valence-electron chi connectivity index (χ1n) is 6.71. The van der Waals surface area contributed by atoms with Crippen molar-refractivity contribution in [3.63, 3.8) is 0 Å². The molecular weight excluding hydrogens is 244 g/mol. The van der Waals surface area contributed by atoms with Crippen LogP contribution in [0.15, 0.2) is 29.8 Å². The van der Waals surface area contributed by atoms with Gasteiger partial charge in [0.25, 0.3) is 0 Å². The fraction of sp³-hybridized carbons (Fsp3) is 0.438. The molecule has 1 fully saturated rings. The molecular formula is C16H15ClO. The van der Waals surface area contributed by atoms with Gasteiger partial charge in [-0.05, 0) is 49.7 Å². The molecule has 0 aliphatic heterocycles. The van der Waals surface area contributed by atoms with E-state index in [9.17, 15) is 4.79 Å². The van der Waals surface area contributed by atoms with Crippen LogP contribution in [0.5, 0.6) is 0 Å². The third-order valence-corrected chi connectivity index (χ3v) is 5.51. The fourth-order valence-electron chi connectivity index (χ4n) is 4.22. The number of allylic oxidation sites excluding steroid dienone is 2. The summed E-state index contributed by atoms with van der Waals surface area (Å²) in [6, 6.07) is 5.77. The van der Waals surface area contributed by atoms with Crippen molar-refractivity contribution >= 4 is 17.4 Å². The number of hydrogen-bond donors (Lipinski definition) is 0. The van der Waals surface area contributed by atoms with Gasteiger partial charge in [0.1, 0.15) is 0 Å². The highest BCUT2D eigenvalue weighted by atomic mass is 35.5. The van der Waals surface area contributed by atoms with E-state index in [1.165, 1.54) is 5.57 Å². The number of ketones is 1. The quantitative estimate of drug-likeness (QED) is 0.638. The lowest BCUT2D eigenvalue weighted by atomic mass is 9.63. The average Bonchev–Trinajstić information content (AvgIpc) is 2.96. The molecule has 0 amide bonds. The Labute approximate surface area is 112 Å². The third-order valence-electron chi connectivity index (χ3n) is 5.16. The van der Waals surface area contributed by atoms with E-state index in [4.69, 9.17) is 11.6 Å². The number of carbonyl (C=O) groups is 1. The van der Waals surface area contributed by atoms with Crippen LogP contribution >= 0.6 is 11.6 Å². The molecule has 1 spiro atoms. The van der Waals surface area contributed by atoms with Crippen LogP contribution in [-0.2, 0) is 6.42 Å². The largest absolute Gasteiger partial charge is 0.294 e. The van der Waals surface area contributed by atoms with Crippen molar-refractivity contribution in [1.29, 1.82) is 0 Å². The zero-order chi connectivity index (χ0) is 12.3. The van der Waals surface area contributed by atoms with Crippen molar-refractivity contribution in [2.24, 2.45) is 11.3 Å². The van der Waals surface area contributed by atoms with Gasteiger partial charge in [0.05, 0.1) is 0 Å². The summed E-state index contributed by atoms with van der Waals surface area (Å²) in [5, 5.41) is 0.762. The number of benzene rings is 1. The van der Waals surface area contributed by atoms with E-state index in [0.29, 0.717) is 11.7 Å². The van der Waals surface area contributed by atoms with E-state index in [-0.39, 0.29) is 5.41 Å². The molecule has 2 atom stereocenters. The first kappa shape index (κ1) is 10.8. The van der Waals surface area contributed by atoms with Crippen molar-refractivity contribution in [2.45, 2.75) is 32.1 Å². The molecule has 2 heteroatoms. The summed E-state index contributed by atoms with van der Waals surface area (Å²) in [5.74, 6) is 0.923. The normalized spacial score (nSPS) is 32.8. The van der Waals surface area contributed by atoms with Crippen molar-refractivity contribution in [3.8, 4) is 0 Å². The smallest absolute Gasteiger partial charge is 0.169 e. The molecule has 3 aliphatic rings. The Morgan fingerprint density at radius 3 is 2.94 bits per heavy atom. The topological polar surface area (TPSA) is 17.1 Å². The van der Waals surface area contributed by atoms with Gasteiger partial charge in [0, 0.05) is 16.0 Å². The molecule has 1 saturated carbocycles. The van der Waals surface area contributed by atoms with Gasteiger partial charge in [0.2, 0.25) is 0 Å². The number of halogens is 1. The minimum absolute atomic E-state index is 0.0816. The second-order valence-electron chi connectivity index (χ2n) is 5.93. The SMILES string of the molecule is O=C1c2cccc(Cl)c2CCC12CC1=CCC2C1. The predicted octanol–water partition coefficient (Wildman–Crippen LogP) is 4.20. The molecule has 1 aromatic carbocycles.